The van der Waals surface area contributed by atoms with E-state index in [0.29, 0.717) is 29.1 Å². The lowest BCUT2D eigenvalue weighted by atomic mass is 10.1. The summed E-state index contributed by atoms with van der Waals surface area (Å²) in [6, 6.07) is 13.4. The number of hydrogen-bond donors (Lipinski definition) is 2. The van der Waals surface area contributed by atoms with Crippen molar-refractivity contribution in [2.24, 2.45) is 5.73 Å². The van der Waals surface area contributed by atoms with E-state index in [1.54, 1.807) is 0 Å². The van der Waals surface area contributed by atoms with Crippen LogP contribution in [0.15, 0.2) is 54.9 Å². The van der Waals surface area contributed by atoms with E-state index in [1.807, 2.05) is 65.8 Å². The van der Waals surface area contributed by atoms with E-state index in [4.69, 9.17) is 28.9 Å². The third kappa shape index (κ3) is 3.76. The Morgan fingerprint density at radius 2 is 1.89 bits per heavy atom. The number of halogens is 2. The molecule has 0 spiro atoms. The van der Waals surface area contributed by atoms with Crippen molar-refractivity contribution >= 4 is 46.6 Å². The first kappa shape index (κ1) is 17.8. The van der Waals surface area contributed by atoms with Crippen LogP contribution in [0.4, 0.5) is 17.3 Å². The van der Waals surface area contributed by atoms with E-state index in [2.05, 4.69) is 15.3 Å². The molecule has 27 heavy (non-hydrogen) atoms. The third-order valence-corrected chi connectivity index (χ3v) is 4.90. The molecule has 136 valence electrons. The van der Waals surface area contributed by atoms with Crippen LogP contribution in [-0.4, -0.2) is 9.97 Å². The van der Waals surface area contributed by atoms with Crippen LogP contribution < -0.4 is 16.0 Å². The molecule has 0 unspecified atom stereocenters. The Balaban J connectivity index is 1.58. The molecule has 0 fully saturated rings. The molecule has 0 radical (unpaired) electrons. The fraction of sp³-hybridized carbons (Fsp3) is 0.100. The van der Waals surface area contributed by atoms with Crippen molar-refractivity contribution < 1.29 is 0 Å². The normalized spacial score (nSPS) is 12.8. The molecule has 1 aliphatic heterocycles. The van der Waals surface area contributed by atoms with E-state index in [1.165, 1.54) is 0 Å². The summed E-state index contributed by atoms with van der Waals surface area (Å²) in [5, 5.41) is 4.43. The number of para-hydroxylation sites is 1. The zero-order valence-electron chi connectivity index (χ0n) is 14.4. The minimum absolute atomic E-state index is 0.490. The van der Waals surface area contributed by atoms with Gasteiger partial charge in [-0.3, -0.25) is 0 Å². The van der Waals surface area contributed by atoms with Crippen molar-refractivity contribution in [2.75, 3.05) is 10.2 Å². The van der Waals surface area contributed by atoms with Gasteiger partial charge in [-0.1, -0.05) is 41.4 Å². The van der Waals surface area contributed by atoms with Gasteiger partial charge in [0.25, 0.3) is 0 Å². The zero-order valence-corrected chi connectivity index (χ0v) is 15.9. The molecule has 5 nitrogen and oxygen atoms in total. The summed E-state index contributed by atoms with van der Waals surface area (Å²) in [6.45, 7) is 1.09. The topological polar surface area (TPSA) is 67.1 Å². The number of fused-ring (bicyclic) bond motifs is 1. The molecule has 2 aromatic carbocycles. The number of anilines is 3. The number of hydrogen-bond acceptors (Lipinski definition) is 5. The van der Waals surface area contributed by atoms with Gasteiger partial charge >= 0.3 is 0 Å². The van der Waals surface area contributed by atoms with E-state index in [-0.39, 0.29) is 0 Å². The van der Waals surface area contributed by atoms with Gasteiger partial charge in [-0.15, -0.1) is 0 Å². The van der Waals surface area contributed by atoms with E-state index in [0.717, 1.165) is 28.2 Å². The molecule has 0 atom stereocenters. The van der Waals surface area contributed by atoms with Gasteiger partial charge < -0.3 is 16.0 Å². The van der Waals surface area contributed by atoms with Gasteiger partial charge in [0.1, 0.15) is 0 Å². The highest BCUT2D eigenvalue weighted by molar-refractivity contribution is 6.39. The maximum absolute atomic E-state index is 6.32. The standard InChI is InChI=1S/C20H17Cl2N5/c21-16-5-2-6-17(22)19(16)27-8-7-18-14(12-27)11-24-20(26-18)25-15-4-1-3-13(9-15)10-23/h1-9,11H,10,12,23H2,(H,24,25,26). The summed E-state index contributed by atoms with van der Waals surface area (Å²) < 4.78 is 0. The Morgan fingerprint density at radius 1 is 1.11 bits per heavy atom. The lowest BCUT2D eigenvalue weighted by molar-refractivity contribution is 0.920. The average molecular weight is 398 g/mol. The van der Waals surface area contributed by atoms with Gasteiger partial charge in [0.2, 0.25) is 5.95 Å². The molecule has 0 saturated heterocycles. The van der Waals surface area contributed by atoms with Crippen LogP contribution in [-0.2, 0) is 13.1 Å². The second-order valence-electron chi connectivity index (χ2n) is 6.15. The Kier molecular flexibility index (Phi) is 4.99. The van der Waals surface area contributed by atoms with Crippen LogP contribution in [0.3, 0.4) is 0 Å². The fourth-order valence-electron chi connectivity index (χ4n) is 2.97. The predicted octanol–water partition coefficient (Wildman–Crippen LogP) is 4.98. The van der Waals surface area contributed by atoms with E-state index in [9.17, 15) is 0 Å². The summed E-state index contributed by atoms with van der Waals surface area (Å²) in [5.74, 6) is 0.539. The quantitative estimate of drug-likeness (QED) is 0.649. The summed E-state index contributed by atoms with van der Waals surface area (Å²) in [5.41, 5.74) is 10.3. The number of rotatable bonds is 4. The van der Waals surface area contributed by atoms with Gasteiger partial charge in [0.15, 0.2) is 0 Å². The molecule has 0 saturated carbocycles. The van der Waals surface area contributed by atoms with Crippen molar-refractivity contribution in [3.05, 3.63) is 81.7 Å². The molecule has 1 aliphatic rings. The van der Waals surface area contributed by atoms with Crippen LogP contribution >= 0.6 is 23.2 Å². The smallest absolute Gasteiger partial charge is 0.227 e. The Hall–Kier alpha value is -2.60. The molecule has 3 aromatic rings. The number of benzene rings is 2. The molecule has 7 heteroatoms. The lowest BCUT2D eigenvalue weighted by Gasteiger charge is -2.26. The molecular formula is C20H17Cl2N5. The third-order valence-electron chi connectivity index (χ3n) is 4.29. The number of nitrogens with one attached hydrogen (secondary N) is 1. The summed E-state index contributed by atoms with van der Waals surface area (Å²) in [6.07, 6.45) is 5.68. The molecule has 1 aromatic heterocycles. The number of aromatic nitrogens is 2. The Morgan fingerprint density at radius 3 is 2.67 bits per heavy atom. The Labute approximate surface area is 167 Å². The second-order valence-corrected chi connectivity index (χ2v) is 6.96. The maximum Gasteiger partial charge on any atom is 0.227 e. The fourth-order valence-corrected chi connectivity index (χ4v) is 3.58. The van der Waals surface area contributed by atoms with Crippen LogP contribution in [0.5, 0.6) is 0 Å². The van der Waals surface area contributed by atoms with Crippen LogP contribution in [0.1, 0.15) is 16.8 Å². The van der Waals surface area contributed by atoms with Crippen molar-refractivity contribution in [3.8, 4) is 0 Å². The molecule has 0 bridgehead atoms. The van der Waals surface area contributed by atoms with Crippen LogP contribution in [0.25, 0.3) is 6.08 Å². The average Bonchev–Trinajstić information content (AvgIpc) is 2.68. The van der Waals surface area contributed by atoms with Crippen molar-refractivity contribution in [1.82, 2.24) is 9.97 Å². The monoisotopic (exact) mass is 397 g/mol. The van der Waals surface area contributed by atoms with E-state index < -0.39 is 0 Å². The minimum Gasteiger partial charge on any atom is -0.341 e. The highest BCUT2D eigenvalue weighted by Crippen LogP contribution is 2.36. The predicted molar refractivity (Wildman–Crippen MR) is 111 cm³/mol. The molecular weight excluding hydrogens is 381 g/mol. The Bertz CT molecular complexity index is 999. The highest BCUT2D eigenvalue weighted by Gasteiger charge is 2.18. The summed E-state index contributed by atoms with van der Waals surface area (Å²) >= 11 is 12.6. The minimum atomic E-state index is 0.490. The van der Waals surface area contributed by atoms with Gasteiger partial charge in [0.05, 0.1) is 28.0 Å². The molecule has 2 heterocycles. The van der Waals surface area contributed by atoms with Gasteiger partial charge in [-0.2, -0.15) is 0 Å². The SMILES string of the molecule is NCc1cccc(Nc2ncc3c(n2)C=CN(c2c(Cl)cccc2Cl)C3)c1. The highest BCUT2D eigenvalue weighted by atomic mass is 35.5. The number of nitrogens with zero attached hydrogens (tertiary/aromatic N) is 3. The first-order valence-corrected chi connectivity index (χ1v) is 9.20. The largest absolute Gasteiger partial charge is 0.341 e. The van der Waals surface area contributed by atoms with Crippen LogP contribution in [0.2, 0.25) is 10.0 Å². The molecule has 0 amide bonds. The number of nitrogens with two attached hydrogens (primary N) is 1. The second kappa shape index (κ2) is 7.56. The lowest BCUT2D eigenvalue weighted by Crippen LogP contribution is -2.21. The summed E-state index contributed by atoms with van der Waals surface area (Å²) in [7, 11) is 0. The van der Waals surface area contributed by atoms with Gasteiger partial charge in [-0.25, -0.2) is 9.97 Å². The first-order valence-electron chi connectivity index (χ1n) is 8.45. The maximum atomic E-state index is 6.32. The van der Waals surface area contributed by atoms with E-state index >= 15 is 0 Å². The molecule has 4 rings (SSSR count). The van der Waals surface area contributed by atoms with Gasteiger partial charge in [0, 0.05) is 30.2 Å². The first-order chi connectivity index (χ1) is 13.1. The summed E-state index contributed by atoms with van der Waals surface area (Å²) in [4.78, 5) is 11.0. The zero-order chi connectivity index (χ0) is 18.8. The van der Waals surface area contributed by atoms with Gasteiger partial charge in [-0.05, 0) is 35.9 Å². The van der Waals surface area contributed by atoms with Crippen molar-refractivity contribution in [3.63, 3.8) is 0 Å². The molecule has 3 N–H and O–H groups in total. The van der Waals surface area contributed by atoms with Crippen LogP contribution in [0, 0.1) is 0 Å². The molecule has 0 aliphatic carbocycles. The van der Waals surface area contributed by atoms with Crippen molar-refractivity contribution in [1.29, 1.82) is 0 Å². The van der Waals surface area contributed by atoms with Crippen molar-refractivity contribution in [2.45, 2.75) is 13.1 Å².